The largest absolute Gasteiger partial charge is 0.493 e. The summed E-state index contributed by atoms with van der Waals surface area (Å²) in [5, 5.41) is 3.64. The molecule has 2 atom stereocenters. The van der Waals surface area contributed by atoms with Crippen LogP contribution >= 0.6 is 0 Å². The standard InChI is InChI=1S/C18H25NO/c1-2-4-13(3-1)17-12-19-9-7-16(17)14-5-6-18-15(11-14)8-10-20-18/h5-6,11,13,16-17,19H,1-4,7-10,12H2. The summed E-state index contributed by atoms with van der Waals surface area (Å²) in [7, 11) is 0. The Morgan fingerprint density at radius 2 is 2.00 bits per heavy atom. The highest BCUT2D eigenvalue weighted by atomic mass is 16.5. The van der Waals surface area contributed by atoms with Crippen LogP contribution in [-0.4, -0.2) is 19.7 Å². The molecule has 0 radical (unpaired) electrons. The quantitative estimate of drug-likeness (QED) is 0.889. The number of hydrogen-bond donors (Lipinski definition) is 1. The molecule has 108 valence electrons. The number of ether oxygens (including phenoxy) is 1. The van der Waals surface area contributed by atoms with Crippen LogP contribution in [0, 0.1) is 11.8 Å². The Kier molecular flexibility index (Phi) is 3.43. The van der Waals surface area contributed by atoms with Gasteiger partial charge >= 0.3 is 0 Å². The molecule has 4 rings (SSSR count). The van der Waals surface area contributed by atoms with Gasteiger partial charge in [-0.3, -0.25) is 0 Å². The molecule has 2 nitrogen and oxygen atoms in total. The summed E-state index contributed by atoms with van der Waals surface area (Å²) in [4.78, 5) is 0. The van der Waals surface area contributed by atoms with E-state index in [1.807, 2.05) is 0 Å². The molecule has 1 saturated heterocycles. The third-order valence-electron chi connectivity index (χ3n) is 5.68. The predicted molar refractivity (Wildman–Crippen MR) is 81.3 cm³/mol. The van der Waals surface area contributed by atoms with Crippen molar-refractivity contribution in [2.24, 2.45) is 11.8 Å². The third-order valence-corrected chi connectivity index (χ3v) is 5.68. The molecule has 0 amide bonds. The molecule has 3 aliphatic rings. The third kappa shape index (κ3) is 2.24. The Morgan fingerprint density at radius 1 is 1.10 bits per heavy atom. The van der Waals surface area contributed by atoms with Crippen LogP contribution in [-0.2, 0) is 6.42 Å². The second-order valence-corrected chi connectivity index (χ2v) is 6.77. The van der Waals surface area contributed by atoms with E-state index in [0.29, 0.717) is 0 Å². The molecule has 1 N–H and O–H groups in total. The molecule has 2 fully saturated rings. The van der Waals surface area contributed by atoms with E-state index in [1.165, 1.54) is 50.8 Å². The average molecular weight is 271 g/mol. The van der Waals surface area contributed by atoms with Gasteiger partial charge in [0.2, 0.25) is 0 Å². The minimum Gasteiger partial charge on any atom is -0.493 e. The van der Waals surface area contributed by atoms with Crippen molar-refractivity contribution in [3.8, 4) is 5.75 Å². The van der Waals surface area contributed by atoms with Crippen LogP contribution in [0.3, 0.4) is 0 Å². The predicted octanol–water partition coefficient (Wildman–Crippen LogP) is 3.50. The van der Waals surface area contributed by atoms with Crippen LogP contribution in [0.25, 0.3) is 0 Å². The van der Waals surface area contributed by atoms with Gasteiger partial charge in [0, 0.05) is 6.42 Å². The maximum atomic E-state index is 5.66. The van der Waals surface area contributed by atoms with Crippen molar-refractivity contribution in [2.75, 3.05) is 19.7 Å². The maximum absolute atomic E-state index is 5.66. The minimum absolute atomic E-state index is 0.769. The number of fused-ring (bicyclic) bond motifs is 1. The number of piperidine rings is 1. The van der Waals surface area contributed by atoms with Crippen LogP contribution in [0.5, 0.6) is 5.75 Å². The normalized spacial score (nSPS) is 30.2. The summed E-state index contributed by atoms with van der Waals surface area (Å²) in [5.74, 6) is 3.70. The Bertz CT molecular complexity index is 478. The zero-order valence-electron chi connectivity index (χ0n) is 12.2. The van der Waals surface area contributed by atoms with Gasteiger partial charge in [-0.05, 0) is 54.5 Å². The van der Waals surface area contributed by atoms with Gasteiger partial charge in [0.25, 0.3) is 0 Å². The lowest BCUT2D eigenvalue weighted by Gasteiger charge is -2.36. The van der Waals surface area contributed by atoms with Gasteiger partial charge in [-0.25, -0.2) is 0 Å². The molecule has 2 unspecified atom stereocenters. The highest BCUT2D eigenvalue weighted by Crippen LogP contribution is 2.43. The molecule has 0 spiro atoms. The Balaban J connectivity index is 1.60. The Hall–Kier alpha value is -1.02. The van der Waals surface area contributed by atoms with Gasteiger partial charge in [0.05, 0.1) is 6.61 Å². The molecular weight excluding hydrogens is 246 g/mol. The first-order valence-corrected chi connectivity index (χ1v) is 8.38. The molecular formula is C18H25NO. The van der Waals surface area contributed by atoms with Crippen molar-refractivity contribution in [1.82, 2.24) is 5.32 Å². The Labute approximate surface area is 121 Å². The maximum Gasteiger partial charge on any atom is 0.122 e. The lowest BCUT2D eigenvalue weighted by molar-refractivity contribution is 0.231. The fourth-order valence-electron chi connectivity index (χ4n) is 4.61. The first-order chi connectivity index (χ1) is 9.92. The van der Waals surface area contributed by atoms with Gasteiger partial charge in [0.15, 0.2) is 0 Å². The minimum atomic E-state index is 0.769. The van der Waals surface area contributed by atoms with E-state index in [-0.39, 0.29) is 0 Å². The molecule has 1 aliphatic carbocycles. The van der Waals surface area contributed by atoms with E-state index in [2.05, 4.69) is 23.5 Å². The fourth-order valence-corrected chi connectivity index (χ4v) is 4.61. The first-order valence-electron chi connectivity index (χ1n) is 8.38. The molecule has 1 aromatic rings. The van der Waals surface area contributed by atoms with E-state index in [1.54, 1.807) is 5.56 Å². The van der Waals surface area contributed by atoms with Crippen LogP contribution in [0.4, 0.5) is 0 Å². The zero-order valence-corrected chi connectivity index (χ0v) is 12.2. The summed E-state index contributed by atoms with van der Waals surface area (Å²) in [6, 6.07) is 6.99. The van der Waals surface area contributed by atoms with Crippen molar-refractivity contribution in [2.45, 2.75) is 44.4 Å². The van der Waals surface area contributed by atoms with Crippen molar-refractivity contribution in [3.05, 3.63) is 29.3 Å². The summed E-state index contributed by atoms with van der Waals surface area (Å²) < 4.78 is 5.66. The molecule has 2 aliphatic heterocycles. The summed E-state index contributed by atoms with van der Waals surface area (Å²) in [6.45, 7) is 3.28. The molecule has 0 bridgehead atoms. The van der Waals surface area contributed by atoms with Crippen molar-refractivity contribution < 1.29 is 4.74 Å². The van der Waals surface area contributed by atoms with Crippen LogP contribution in [0.15, 0.2) is 18.2 Å². The van der Waals surface area contributed by atoms with Crippen LogP contribution in [0.2, 0.25) is 0 Å². The van der Waals surface area contributed by atoms with E-state index in [4.69, 9.17) is 4.74 Å². The smallest absolute Gasteiger partial charge is 0.122 e. The first kappa shape index (κ1) is 12.7. The SMILES string of the molecule is c1cc2c(cc1C1CCNCC1C1CCCC1)CCO2. The molecule has 1 aromatic carbocycles. The fraction of sp³-hybridized carbons (Fsp3) is 0.667. The highest BCUT2D eigenvalue weighted by Gasteiger charge is 2.34. The Morgan fingerprint density at radius 3 is 2.90 bits per heavy atom. The highest BCUT2D eigenvalue weighted by molar-refractivity contribution is 5.41. The summed E-state index contributed by atoms with van der Waals surface area (Å²) >= 11 is 0. The number of nitrogens with one attached hydrogen (secondary N) is 1. The summed E-state index contributed by atoms with van der Waals surface area (Å²) in [6.07, 6.45) is 8.22. The molecule has 0 aromatic heterocycles. The number of hydrogen-bond acceptors (Lipinski definition) is 2. The lowest BCUT2D eigenvalue weighted by Crippen LogP contribution is -2.38. The monoisotopic (exact) mass is 271 g/mol. The van der Waals surface area contributed by atoms with Crippen molar-refractivity contribution in [3.63, 3.8) is 0 Å². The van der Waals surface area contributed by atoms with Gasteiger partial charge in [-0.2, -0.15) is 0 Å². The molecule has 1 saturated carbocycles. The number of benzene rings is 1. The van der Waals surface area contributed by atoms with Gasteiger partial charge in [0.1, 0.15) is 5.75 Å². The topological polar surface area (TPSA) is 21.3 Å². The van der Waals surface area contributed by atoms with Gasteiger partial charge < -0.3 is 10.1 Å². The van der Waals surface area contributed by atoms with Crippen molar-refractivity contribution in [1.29, 1.82) is 0 Å². The summed E-state index contributed by atoms with van der Waals surface area (Å²) in [5.41, 5.74) is 3.01. The van der Waals surface area contributed by atoms with E-state index < -0.39 is 0 Å². The average Bonchev–Trinajstić information content (AvgIpc) is 3.18. The molecule has 20 heavy (non-hydrogen) atoms. The number of rotatable bonds is 2. The van der Waals surface area contributed by atoms with Gasteiger partial charge in [-0.15, -0.1) is 0 Å². The lowest BCUT2D eigenvalue weighted by atomic mass is 9.73. The van der Waals surface area contributed by atoms with E-state index >= 15 is 0 Å². The molecule has 2 heterocycles. The molecule has 2 heteroatoms. The van der Waals surface area contributed by atoms with Gasteiger partial charge in [-0.1, -0.05) is 37.8 Å². The second kappa shape index (κ2) is 5.40. The second-order valence-electron chi connectivity index (χ2n) is 6.77. The van der Waals surface area contributed by atoms with Crippen LogP contribution in [0.1, 0.15) is 49.1 Å². The van der Waals surface area contributed by atoms with Crippen LogP contribution < -0.4 is 10.1 Å². The van der Waals surface area contributed by atoms with E-state index in [9.17, 15) is 0 Å². The van der Waals surface area contributed by atoms with E-state index in [0.717, 1.165) is 36.5 Å². The van der Waals surface area contributed by atoms with Crippen molar-refractivity contribution >= 4 is 0 Å². The zero-order chi connectivity index (χ0) is 13.4.